The highest BCUT2D eigenvalue weighted by Crippen LogP contribution is 2.53. The lowest BCUT2D eigenvalue weighted by Gasteiger charge is -2.46. The van der Waals surface area contributed by atoms with Crippen LogP contribution in [0.25, 0.3) is 0 Å². The standard InChI is InChI=1S/C21H30O2/c1-5-6-7-8-15-12-18(22)20-16-11-14(2)9-10-17(16)21(3,4)23-19(20)13-15/h11-13,16-17,22H,5-10H2,1-4H3/t16-,17-/m1/s1/i2D3,3D3,4D3,9D2,12D,13D. The van der Waals surface area contributed by atoms with Gasteiger partial charge in [0.05, 0.1) is 2.74 Å². The maximum atomic E-state index is 11.0. The molecule has 2 heteroatoms. The third-order valence-corrected chi connectivity index (χ3v) is 4.47. The molecule has 2 nitrogen and oxygen atoms in total. The lowest BCUT2D eigenvalue weighted by molar-refractivity contribution is 0.0107. The van der Waals surface area contributed by atoms with Gasteiger partial charge < -0.3 is 9.84 Å². The zero-order valence-electron chi connectivity index (χ0n) is 26.1. The Hall–Kier alpha value is -1.44. The third-order valence-electron chi connectivity index (χ3n) is 4.47. The monoisotopic (exact) mass is 327 g/mol. The Kier molecular flexibility index (Phi) is 1.84. The van der Waals surface area contributed by atoms with Crippen LogP contribution in [0.3, 0.4) is 0 Å². The summed E-state index contributed by atoms with van der Waals surface area (Å²) in [6.45, 7) is -7.66. The molecule has 0 saturated heterocycles. The number of phenolic OH excluding ortho intramolecular Hbond substituents is 1. The molecule has 0 amide bonds. The number of hydrogen-bond acceptors (Lipinski definition) is 2. The number of ether oxygens (including phenoxy) is 1. The average Bonchev–Trinajstić information content (AvgIpc) is 2.69. The predicted molar refractivity (Wildman–Crippen MR) is 95.3 cm³/mol. The first kappa shape index (κ1) is 6.82. The second-order valence-electron chi connectivity index (χ2n) is 6.21. The molecule has 1 aliphatic carbocycles. The van der Waals surface area contributed by atoms with Gasteiger partial charge in [0, 0.05) is 32.5 Å². The number of rotatable bonds is 4. The first-order valence-corrected chi connectivity index (χ1v) is 7.99. The van der Waals surface area contributed by atoms with E-state index in [4.69, 9.17) is 22.6 Å². The molecule has 0 radical (unpaired) electrons. The molecule has 0 spiro atoms. The Morgan fingerprint density at radius 3 is 3.04 bits per heavy atom. The molecule has 0 unspecified atom stereocenters. The van der Waals surface area contributed by atoms with E-state index < -0.39 is 79.9 Å². The van der Waals surface area contributed by atoms with Gasteiger partial charge in [-0.05, 0) is 63.8 Å². The molecule has 126 valence electrons. The van der Waals surface area contributed by atoms with Crippen molar-refractivity contribution in [1.29, 1.82) is 0 Å². The smallest absolute Gasteiger partial charge is 0.127 e. The number of allylic oxidation sites excluding steroid dienone is 2. The largest absolute Gasteiger partial charge is 0.507 e. The Morgan fingerprint density at radius 1 is 1.43 bits per heavy atom. The Balaban J connectivity index is 2.45. The molecule has 0 fully saturated rings. The van der Waals surface area contributed by atoms with Gasteiger partial charge >= 0.3 is 0 Å². The number of fused-ring (bicyclic) bond motifs is 3. The van der Waals surface area contributed by atoms with Gasteiger partial charge in [-0.15, -0.1) is 0 Å². The molecule has 1 aliphatic heterocycles. The van der Waals surface area contributed by atoms with Crippen LogP contribution in [-0.2, 0) is 6.42 Å². The fourth-order valence-electron chi connectivity index (χ4n) is 3.24. The summed E-state index contributed by atoms with van der Waals surface area (Å²) in [7, 11) is 0. The Labute approximate surface area is 158 Å². The van der Waals surface area contributed by atoms with Crippen molar-refractivity contribution in [3.05, 3.63) is 34.9 Å². The molecule has 0 saturated carbocycles. The summed E-state index contributed by atoms with van der Waals surface area (Å²) >= 11 is 0. The number of unbranched alkanes of at least 4 members (excludes halogenated alkanes) is 2. The highest BCUT2D eigenvalue weighted by molar-refractivity contribution is 5.53. The molecule has 1 heterocycles. The van der Waals surface area contributed by atoms with Crippen LogP contribution in [0.1, 0.15) is 94.4 Å². The van der Waals surface area contributed by atoms with Gasteiger partial charge in [0.25, 0.3) is 0 Å². The molecule has 23 heavy (non-hydrogen) atoms. The predicted octanol–water partition coefficient (Wildman–Crippen LogP) is 5.74. The first-order chi connectivity index (χ1) is 16.2. The molecular weight excluding hydrogens is 284 g/mol. The van der Waals surface area contributed by atoms with E-state index in [0.717, 1.165) is 18.9 Å². The fraction of sp³-hybridized carbons (Fsp3) is 0.619. The van der Waals surface area contributed by atoms with E-state index in [0.29, 0.717) is 6.42 Å². The number of phenols is 1. The van der Waals surface area contributed by atoms with Crippen LogP contribution in [0.4, 0.5) is 0 Å². The van der Waals surface area contributed by atoms with E-state index in [-0.39, 0.29) is 17.5 Å². The molecular formula is C21H30O2. The number of benzene rings is 1. The fourth-order valence-corrected chi connectivity index (χ4v) is 3.24. The van der Waals surface area contributed by atoms with Crippen molar-refractivity contribution in [2.24, 2.45) is 5.92 Å². The summed E-state index contributed by atoms with van der Waals surface area (Å²) in [6.07, 6.45) is -0.123. The number of hydrogen-bond donors (Lipinski definition) is 1. The molecule has 2 atom stereocenters. The van der Waals surface area contributed by atoms with Crippen LogP contribution >= 0.6 is 0 Å². The Bertz CT molecular complexity index is 1040. The Morgan fingerprint density at radius 2 is 2.30 bits per heavy atom. The average molecular weight is 328 g/mol. The maximum Gasteiger partial charge on any atom is 0.127 e. The van der Waals surface area contributed by atoms with Crippen LogP contribution in [-0.4, -0.2) is 10.7 Å². The van der Waals surface area contributed by atoms with Gasteiger partial charge in [0.15, 0.2) is 0 Å². The summed E-state index contributed by atoms with van der Waals surface area (Å²) in [5, 5.41) is 11.0. The lowest BCUT2D eigenvalue weighted by atomic mass is 9.68. The SMILES string of the molecule is [2H]c1c(O)c2c(c([2H])c1CCCCC)OC(C([2H])([2H])[2H])(C([2H])([2H])[2H])[C@@H]1CC([2H])([2H])C(C([2H])([2H])[2H])=C[C@@H]21. The van der Waals surface area contributed by atoms with Crippen LogP contribution < -0.4 is 4.74 Å². The molecule has 3 rings (SSSR count). The zero-order valence-corrected chi connectivity index (χ0v) is 13.1. The van der Waals surface area contributed by atoms with Crippen molar-refractivity contribution >= 4 is 0 Å². The summed E-state index contributed by atoms with van der Waals surface area (Å²) in [5.41, 5.74) is -3.84. The van der Waals surface area contributed by atoms with Gasteiger partial charge in [-0.25, -0.2) is 0 Å². The summed E-state index contributed by atoms with van der Waals surface area (Å²) in [4.78, 5) is 0. The molecule has 1 aromatic rings. The lowest BCUT2D eigenvalue weighted by Crippen LogP contribution is -2.45. The summed E-state index contributed by atoms with van der Waals surface area (Å²) in [5.74, 6) is -4.25. The van der Waals surface area contributed by atoms with Crippen molar-refractivity contribution in [2.45, 2.75) is 77.5 Å². The van der Waals surface area contributed by atoms with Crippen LogP contribution in [0.2, 0.25) is 0 Å². The van der Waals surface area contributed by atoms with E-state index in [1.165, 1.54) is 0 Å². The molecule has 0 aromatic heterocycles. The summed E-state index contributed by atoms with van der Waals surface area (Å²) < 4.78 is 112. The zero-order chi connectivity index (χ0) is 27.6. The number of aromatic hydroxyl groups is 1. The van der Waals surface area contributed by atoms with E-state index in [2.05, 4.69) is 0 Å². The first-order valence-electron chi connectivity index (χ1n) is 14.5. The topological polar surface area (TPSA) is 29.5 Å². The molecule has 1 aromatic carbocycles. The molecule has 1 N–H and O–H groups in total. The van der Waals surface area contributed by atoms with Crippen LogP contribution in [0.15, 0.2) is 23.7 Å². The van der Waals surface area contributed by atoms with E-state index in [9.17, 15) is 5.11 Å². The van der Waals surface area contributed by atoms with Crippen molar-refractivity contribution in [2.75, 3.05) is 0 Å². The minimum Gasteiger partial charge on any atom is -0.507 e. The minimum absolute atomic E-state index is 0.0642. The second kappa shape index (κ2) is 6.22. The third kappa shape index (κ3) is 3.13. The van der Waals surface area contributed by atoms with E-state index in [1.54, 1.807) is 0 Å². The van der Waals surface area contributed by atoms with E-state index >= 15 is 0 Å². The normalized spacial score (nSPS) is 37.3. The van der Waals surface area contributed by atoms with Gasteiger partial charge in [0.2, 0.25) is 0 Å². The molecule has 0 bridgehead atoms. The summed E-state index contributed by atoms with van der Waals surface area (Å²) in [6, 6.07) is -0.831. The molecule has 2 aliphatic rings. The second-order valence-corrected chi connectivity index (χ2v) is 6.21. The van der Waals surface area contributed by atoms with Gasteiger partial charge in [-0.3, -0.25) is 0 Å². The van der Waals surface area contributed by atoms with Crippen molar-refractivity contribution in [1.82, 2.24) is 0 Å². The quantitative estimate of drug-likeness (QED) is 0.565. The van der Waals surface area contributed by atoms with Gasteiger partial charge in [-0.1, -0.05) is 31.4 Å². The van der Waals surface area contributed by atoms with Crippen molar-refractivity contribution in [3.8, 4) is 11.5 Å². The van der Waals surface area contributed by atoms with E-state index in [1.807, 2.05) is 6.92 Å². The minimum atomic E-state index is -3.34. The highest BCUT2D eigenvalue weighted by atomic mass is 16.5. The van der Waals surface area contributed by atoms with Gasteiger partial charge in [-0.2, -0.15) is 0 Å². The maximum absolute atomic E-state index is 11.0. The van der Waals surface area contributed by atoms with Gasteiger partial charge in [0.1, 0.15) is 17.1 Å². The van der Waals surface area contributed by atoms with Crippen molar-refractivity contribution < 1.29 is 27.7 Å². The highest BCUT2D eigenvalue weighted by Gasteiger charge is 2.45. The van der Waals surface area contributed by atoms with Crippen LogP contribution in [0, 0.1) is 5.92 Å². The van der Waals surface area contributed by atoms with Crippen molar-refractivity contribution in [3.63, 3.8) is 0 Å². The van der Waals surface area contributed by atoms with Crippen LogP contribution in [0.5, 0.6) is 11.5 Å².